The SMILES string of the molecule is C=CC(=O)O[Si](Cl)(Cl)[Si](Cl)[Si][Si][Si][Si]. The zero-order valence-electron chi connectivity index (χ0n) is 6.73. The molecule has 0 bridgehead atoms. The van der Waals surface area contributed by atoms with E-state index in [4.69, 9.17) is 37.7 Å². The molecule has 0 spiro atoms. The molecule has 14 heavy (non-hydrogen) atoms. The van der Waals surface area contributed by atoms with Gasteiger partial charge in [-0.1, -0.05) is 6.58 Å². The van der Waals surface area contributed by atoms with E-state index in [0.29, 0.717) is 25.7 Å². The molecule has 0 N–H and O–H groups in total. The Morgan fingerprint density at radius 1 is 1.64 bits per heavy atom. The molecule has 0 saturated carbocycles. The minimum absolute atomic E-state index is 0.503. The van der Waals surface area contributed by atoms with E-state index >= 15 is 0 Å². The molecule has 0 amide bonds. The van der Waals surface area contributed by atoms with Crippen LogP contribution in [0.15, 0.2) is 12.7 Å². The summed E-state index contributed by atoms with van der Waals surface area (Å²) >= 11 is 17.9. The maximum absolute atomic E-state index is 10.9. The normalized spacial score (nSPS) is 11.5. The van der Waals surface area contributed by atoms with Crippen LogP contribution in [0.1, 0.15) is 0 Å². The van der Waals surface area contributed by atoms with Crippen molar-refractivity contribution in [1.82, 2.24) is 0 Å². The van der Waals surface area contributed by atoms with Crippen LogP contribution >= 0.6 is 33.2 Å². The van der Waals surface area contributed by atoms with Gasteiger partial charge in [0.15, 0.2) is 0 Å². The van der Waals surface area contributed by atoms with Crippen LogP contribution in [0, 0.1) is 0 Å². The quantitative estimate of drug-likeness (QED) is 0.384. The third-order valence-corrected chi connectivity index (χ3v) is 36.5. The van der Waals surface area contributed by atoms with Crippen molar-refractivity contribution < 1.29 is 9.22 Å². The highest BCUT2D eigenvalue weighted by Gasteiger charge is 2.44. The van der Waals surface area contributed by atoms with Gasteiger partial charge >= 0.3 is 12.4 Å². The number of carbonyl (C=O) groups excluding carboxylic acids is 1. The highest BCUT2D eigenvalue weighted by atomic mass is 35.7. The van der Waals surface area contributed by atoms with Crippen LogP contribution in [0.4, 0.5) is 0 Å². The van der Waals surface area contributed by atoms with Crippen molar-refractivity contribution in [1.29, 1.82) is 0 Å². The predicted octanol–water partition coefficient (Wildman–Crippen LogP) is -0.0364. The standard InChI is InChI=1S/C3H3Cl3O2Si6/c1-2-3(7)8-14(5,6)13(4)12-11-10-9/h2H,1H2. The van der Waals surface area contributed by atoms with Gasteiger partial charge in [-0.15, -0.1) is 22.2 Å². The fraction of sp³-hybridized carbons (Fsp3) is 0. The Kier molecular flexibility index (Phi) is 8.37. The summed E-state index contributed by atoms with van der Waals surface area (Å²) in [5.41, 5.74) is 0. The van der Waals surface area contributed by atoms with Gasteiger partial charge in [-0.05, 0) is 0 Å². The first kappa shape index (κ1) is 15.4. The van der Waals surface area contributed by atoms with Crippen LogP contribution in [-0.2, 0) is 9.22 Å². The summed E-state index contributed by atoms with van der Waals surface area (Å²) in [6, 6.07) is 0. The van der Waals surface area contributed by atoms with E-state index in [1.54, 1.807) is 0 Å². The summed E-state index contributed by atoms with van der Waals surface area (Å²) in [5, 5.41) is 0. The Hall–Kier alpha value is 1.38. The van der Waals surface area contributed by atoms with Crippen LogP contribution in [-0.4, -0.2) is 55.0 Å². The topological polar surface area (TPSA) is 26.3 Å². The van der Waals surface area contributed by atoms with Gasteiger partial charge < -0.3 is 4.43 Å². The van der Waals surface area contributed by atoms with E-state index < -0.39 is 19.6 Å². The Balaban J connectivity index is 4.14. The summed E-state index contributed by atoms with van der Waals surface area (Å²) in [6.07, 6.45) is 1.04. The average molecular weight is 346 g/mol. The molecule has 0 heterocycles. The number of halogens is 3. The summed E-state index contributed by atoms with van der Waals surface area (Å²) in [4.78, 5) is 10.9. The molecule has 0 aliphatic rings. The van der Waals surface area contributed by atoms with Gasteiger partial charge in [0.05, 0.1) is 0 Å². The minimum Gasteiger partial charge on any atom is -0.490 e. The molecular formula is C3H3Cl3O2Si6. The van der Waals surface area contributed by atoms with Crippen LogP contribution in [0.2, 0.25) is 0 Å². The first-order valence-electron chi connectivity index (χ1n) is 3.13. The van der Waals surface area contributed by atoms with E-state index in [2.05, 4.69) is 16.3 Å². The lowest BCUT2D eigenvalue weighted by atomic mass is 10.7. The molecular weight excluding hydrogens is 343 g/mol. The molecule has 0 aromatic rings. The first-order chi connectivity index (χ1) is 6.44. The van der Waals surface area contributed by atoms with Gasteiger partial charge in [0.25, 0.3) is 0 Å². The third-order valence-electron chi connectivity index (χ3n) is 0.886. The van der Waals surface area contributed by atoms with E-state index in [1.807, 2.05) is 0 Å². The maximum atomic E-state index is 10.9. The van der Waals surface area contributed by atoms with Gasteiger partial charge in [-0.3, -0.25) is 0 Å². The Labute approximate surface area is 109 Å². The van der Waals surface area contributed by atoms with Gasteiger partial charge in [0.2, 0.25) is 7.14 Å². The summed E-state index contributed by atoms with van der Waals surface area (Å²) in [7, 11) is 3.76. The van der Waals surface area contributed by atoms with Crippen molar-refractivity contribution in [3.8, 4) is 0 Å². The van der Waals surface area contributed by atoms with E-state index in [0.717, 1.165) is 6.08 Å². The number of hydrogen-bond acceptors (Lipinski definition) is 2. The van der Waals surface area contributed by atoms with Crippen molar-refractivity contribution in [2.24, 2.45) is 0 Å². The van der Waals surface area contributed by atoms with Gasteiger partial charge in [-0.2, -0.15) is 11.1 Å². The lowest BCUT2D eigenvalue weighted by Crippen LogP contribution is -2.48. The average Bonchev–Trinajstić information content (AvgIpc) is 2.13. The second-order valence-electron chi connectivity index (χ2n) is 1.83. The molecule has 0 unspecified atom stereocenters. The first-order valence-corrected chi connectivity index (χ1v) is 18.1. The molecule has 0 aromatic carbocycles. The molecule has 0 saturated heterocycles. The molecule has 0 aliphatic carbocycles. The molecule has 0 aromatic heterocycles. The molecule has 72 valence electrons. The number of rotatable bonds is 6. The van der Waals surface area contributed by atoms with Crippen LogP contribution < -0.4 is 0 Å². The van der Waals surface area contributed by atoms with Crippen molar-refractivity contribution >= 4 is 88.2 Å². The zero-order valence-corrected chi connectivity index (χ0v) is 15.0. The largest absolute Gasteiger partial charge is 0.490 e. The van der Waals surface area contributed by atoms with Crippen LogP contribution in [0.5, 0.6) is 0 Å². The highest BCUT2D eigenvalue weighted by Crippen LogP contribution is 2.21. The summed E-state index contributed by atoms with van der Waals surface area (Å²) in [6.45, 7) is 0.228. The summed E-state index contributed by atoms with van der Waals surface area (Å²) in [5.74, 6) is -0.598. The molecule has 10 radical (unpaired) electrons. The molecule has 11 heteroatoms. The molecule has 0 aliphatic heterocycles. The van der Waals surface area contributed by atoms with Crippen LogP contribution in [0.25, 0.3) is 0 Å². The van der Waals surface area contributed by atoms with Crippen molar-refractivity contribution in [3.05, 3.63) is 12.7 Å². The smallest absolute Gasteiger partial charge is 0.439 e. The van der Waals surface area contributed by atoms with Crippen molar-refractivity contribution in [2.45, 2.75) is 0 Å². The van der Waals surface area contributed by atoms with Gasteiger partial charge in [0, 0.05) is 41.5 Å². The van der Waals surface area contributed by atoms with Gasteiger partial charge in [0.1, 0.15) is 0 Å². The molecule has 0 fully saturated rings. The molecule has 0 atom stereocenters. The van der Waals surface area contributed by atoms with Crippen molar-refractivity contribution in [3.63, 3.8) is 0 Å². The van der Waals surface area contributed by atoms with Gasteiger partial charge in [-0.25, -0.2) is 4.79 Å². The van der Waals surface area contributed by atoms with Crippen LogP contribution in [0.3, 0.4) is 0 Å². The summed E-state index contributed by atoms with van der Waals surface area (Å²) < 4.78 is 4.87. The minimum atomic E-state index is -3.03. The van der Waals surface area contributed by atoms with Crippen molar-refractivity contribution in [2.75, 3.05) is 0 Å². The van der Waals surface area contributed by atoms with E-state index in [-0.39, 0.29) is 0 Å². The fourth-order valence-electron chi connectivity index (χ4n) is 0.372. The lowest BCUT2D eigenvalue weighted by Gasteiger charge is -2.19. The number of hydrogen-bond donors (Lipinski definition) is 0. The Morgan fingerprint density at radius 2 is 2.21 bits per heavy atom. The zero-order chi connectivity index (χ0) is 11.2. The Morgan fingerprint density at radius 3 is 2.64 bits per heavy atom. The highest BCUT2D eigenvalue weighted by molar-refractivity contribution is 7.90. The fourth-order valence-corrected chi connectivity index (χ4v) is 36.9. The second kappa shape index (κ2) is 7.62. The van der Waals surface area contributed by atoms with E-state index in [9.17, 15) is 4.79 Å². The maximum Gasteiger partial charge on any atom is 0.439 e. The predicted molar refractivity (Wildman–Crippen MR) is 68.4 cm³/mol. The molecule has 2 nitrogen and oxygen atoms in total. The number of carbonyl (C=O) groups is 1. The Bertz CT molecular complexity index is 212. The molecule has 0 rings (SSSR count). The monoisotopic (exact) mass is 344 g/mol. The second-order valence-corrected chi connectivity index (χ2v) is 28.8. The van der Waals surface area contributed by atoms with E-state index in [1.165, 1.54) is 0 Å². The third kappa shape index (κ3) is 6.07. The lowest BCUT2D eigenvalue weighted by molar-refractivity contribution is -0.129.